The second-order valence-corrected chi connectivity index (χ2v) is 6.53. The molecular weight excluding hydrogens is 389 g/mol. The number of halogens is 3. The number of rotatable bonds is 5. The Labute approximate surface area is 164 Å². The number of para-hydroxylation sites is 1. The van der Waals surface area contributed by atoms with Gasteiger partial charge in [0.05, 0.1) is 29.8 Å². The Balaban J connectivity index is 1.61. The maximum Gasteiger partial charge on any atom is 0.418 e. The third-order valence-electron chi connectivity index (χ3n) is 4.45. The number of benzene rings is 2. The van der Waals surface area contributed by atoms with E-state index in [0.29, 0.717) is 11.1 Å². The molecular formula is C20H17F3N2O4. The lowest BCUT2D eigenvalue weighted by Crippen LogP contribution is -2.35. The topological polar surface area (TPSA) is 75.7 Å². The number of likely N-dealkylation sites (N-methyl/N-ethyl adjacent to an activating group) is 1. The summed E-state index contributed by atoms with van der Waals surface area (Å²) in [5.74, 6) is -1.79. The van der Waals surface area contributed by atoms with Crippen LogP contribution in [0.4, 0.5) is 18.9 Å². The number of alkyl halides is 3. The Morgan fingerprint density at radius 3 is 2.48 bits per heavy atom. The first-order valence-corrected chi connectivity index (χ1v) is 8.66. The van der Waals surface area contributed by atoms with E-state index in [0.717, 1.165) is 17.0 Å². The highest BCUT2D eigenvalue weighted by atomic mass is 19.4. The van der Waals surface area contributed by atoms with Crippen molar-refractivity contribution in [3.8, 4) is 0 Å². The molecule has 1 heterocycles. The Morgan fingerprint density at radius 1 is 1.10 bits per heavy atom. The van der Waals surface area contributed by atoms with Crippen LogP contribution in [0.25, 0.3) is 0 Å². The molecule has 1 aliphatic heterocycles. The summed E-state index contributed by atoms with van der Waals surface area (Å²) in [5.41, 5.74) is -0.390. The van der Waals surface area contributed by atoms with Gasteiger partial charge in [0.1, 0.15) is 6.10 Å². The van der Waals surface area contributed by atoms with E-state index in [1.165, 1.54) is 19.2 Å². The van der Waals surface area contributed by atoms with Gasteiger partial charge >= 0.3 is 12.1 Å². The zero-order valence-electron chi connectivity index (χ0n) is 15.3. The van der Waals surface area contributed by atoms with E-state index in [9.17, 15) is 27.6 Å². The molecule has 2 aromatic carbocycles. The monoisotopic (exact) mass is 406 g/mol. The molecule has 1 N–H and O–H groups in total. The Hall–Kier alpha value is -3.36. The lowest BCUT2D eigenvalue weighted by molar-refractivity contribution is -0.137. The summed E-state index contributed by atoms with van der Waals surface area (Å²) in [6, 6.07) is 11.2. The fraction of sp³-hybridized carbons (Fsp3) is 0.250. The van der Waals surface area contributed by atoms with Crippen LogP contribution in [-0.2, 0) is 20.5 Å². The van der Waals surface area contributed by atoms with Gasteiger partial charge in [-0.3, -0.25) is 9.59 Å². The van der Waals surface area contributed by atoms with Gasteiger partial charge in [-0.25, -0.2) is 4.79 Å². The van der Waals surface area contributed by atoms with Crippen LogP contribution >= 0.6 is 0 Å². The fourth-order valence-corrected chi connectivity index (χ4v) is 3.02. The number of ether oxygens (including phenoxy) is 1. The molecule has 2 amide bonds. The average molecular weight is 406 g/mol. The molecule has 3 rings (SSSR count). The molecule has 0 fully saturated rings. The lowest BCUT2D eigenvalue weighted by Gasteiger charge is -2.20. The Kier molecular flexibility index (Phi) is 5.58. The molecule has 0 bridgehead atoms. The van der Waals surface area contributed by atoms with Gasteiger partial charge in [0.15, 0.2) is 0 Å². The number of amides is 2. The van der Waals surface area contributed by atoms with E-state index in [1.807, 2.05) is 0 Å². The molecule has 1 atom stereocenters. The molecule has 0 saturated carbocycles. The van der Waals surface area contributed by atoms with Crippen LogP contribution in [0.3, 0.4) is 0 Å². The van der Waals surface area contributed by atoms with Crippen molar-refractivity contribution in [3.05, 3.63) is 65.2 Å². The Morgan fingerprint density at radius 2 is 1.76 bits per heavy atom. The third-order valence-corrected chi connectivity index (χ3v) is 4.45. The quantitative estimate of drug-likeness (QED) is 0.773. The zero-order chi connectivity index (χ0) is 21.2. The van der Waals surface area contributed by atoms with Crippen molar-refractivity contribution in [1.82, 2.24) is 4.90 Å². The standard InChI is InChI=1S/C20H17F3N2O4/c1-25(11-17(26)24-15-9-5-4-8-14(15)20(21,22)23)18(27)10-16-12-6-2-3-7-13(12)19(28)29-16/h2-9,16H,10-11H2,1H3,(H,24,26)/t16-/m1/s1. The van der Waals surface area contributed by atoms with Gasteiger partial charge in [-0.15, -0.1) is 0 Å². The van der Waals surface area contributed by atoms with Crippen LogP contribution in [0.2, 0.25) is 0 Å². The zero-order valence-corrected chi connectivity index (χ0v) is 15.3. The van der Waals surface area contributed by atoms with Crippen LogP contribution in [0.5, 0.6) is 0 Å². The van der Waals surface area contributed by atoms with E-state index in [2.05, 4.69) is 5.32 Å². The minimum atomic E-state index is -4.62. The maximum absolute atomic E-state index is 13.0. The molecule has 6 nitrogen and oxygen atoms in total. The number of carbonyl (C=O) groups excluding carboxylic acids is 3. The van der Waals surface area contributed by atoms with Crippen molar-refractivity contribution in [3.63, 3.8) is 0 Å². The number of esters is 1. The van der Waals surface area contributed by atoms with Crippen molar-refractivity contribution >= 4 is 23.5 Å². The molecule has 2 aromatic rings. The Bertz CT molecular complexity index is 959. The predicted octanol–water partition coefficient (Wildman–Crippen LogP) is 3.40. The number of hydrogen-bond donors (Lipinski definition) is 1. The molecule has 0 spiro atoms. The van der Waals surface area contributed by atoms with Crippen LogP contribution < -0.4 is 5.32 Å². The summed E-state index contributed by atoms with van der Waals surface area (Å²) in [4.78, 5) is 37.4. The number of nitrogens with zero attached hydrogens (tertiary/aromatic N) is 1. The molecule has 29 heavy (non-hydrogen) atoms. The van der Waals surface area contributed by atoms with Crippen LogP contribution in [0.15, 0.2) is 48.5 Å². The van der Waals surface area contributed by atoms with Crippen molar-refractivity contribution < 1.29 is 32.3 Å². The summed E-state index contributed by atoms with van der Waals surface area (Å²) < 4.78 is 44.2. The van der Waals surface area contributed by atoms with Gasteiger partial charge in [0.25, 0.3) is 0 Å². The summed E-state index contributed by atoms with van der Waals surface area (Å²) >= 11 is 0. The minimum Gasteiger partial charge on any atom is -0.453 e. The normalized spacial score (nSPS) is 15.4. The molecule has 0 aliphatic carbocycles. The van der Waals surface area contributed by atoms with Crippen molar-refractivity contribution in [1.29, 1.82) is 0 Å². The highest BCUT2D eigenvalue weighted by Crippen LogP contribution is 2.35. The minimum absolute atomic E-state index is 0.175. The summed E-state index contributed by atoms with van der Waals surface area (Å²) in [5, 5.41) is 2.18. The van der Waals surface area contributed by atoms with Gasteiger partial charge in [-0.05, 0) is 18.2 Å². The maximum atomic E-state index is 13.0. The largest absolute Gasteiger partial charge is 0.453 e. The second kappa shape index (κ2) is 7.94. The number of nitrogens with one attached hydrogen (secondary N) is 1. The van der Waals surface area contributed by atoms with E-state index in [4.69, 9.17) is 4.74 Å². The van der Waals surface area contributed by atoms with Crippen LogP contribution in [0.1, 0.15) is 34.0 Å². The average Bonchev–Trinajstić information content (AvgIpc) is 2.97. The highest BCUT2D eigenvalue weighted by molar-refractivity contribution is 5.96. The van der Waals surface area contributed by atoms with Crippen molar-refractivity contribution in [2.45, 2.75) is 18.7 Å². The van der Waals surface area contributed by atoms with Gasteiger partial charge in [0, 0.05) is 12.6 Å². The molecule has 152 valence electrons. The summed E-state index contributed by atoms with van der Waals surface area (Å²) in [6.45, 7) is -0.451. The van der Waals surface area contributed by atoms with Crippen LogP contribution in [0, 0.1) is 0 Å². The van der Waals surface area contributed by atoms with E-state index >= 15 is 0 Å². The number of carbonyl (C=O) groups is 3. The number of hydrogen-bond acceptors (Lipinski definition) is 4. The summed E-state index contributed by atoms with van der Waals surface area (Å²) in [6.07, 6.45) is -5.56. The lowest BCUT2D eigenvalue weighted by atomic mass is 10.0. The van der Waals surface area contributed by atoms with E-state index < -0.39 is 42.2 Å². The summed E-state index contributed by atoms with van der Waals surface area (Å²) in [7, 11) is 1.35. The van der Waals surface area contributed by atoms with E-state index in [1.54, 1.807) is 24.3 Å². The SMILES string of the molecule is CN(CC(=O)Nc1ccccc1C(F)(F)F)C(=O)C[C@H]1OC(=O)c2ccccc21. The fourth-order valence-electron chi connectivity index (χ4n) is 3.02. The molecule has 0 aromatic heterocycles. The van der Waals surface area contributed by atoms with Crippen molar-refractivity contribution in [2.24, 2.45) is 0 Å². The molecule has 1 aliphatic rings. The predicted molar refractivity (Wildman–Crippen MR) is 96.9 cm³/mol. The first-order valence-electron chi connectivity index (χ1n) is 8.66. The highest BCUT2D eigenvalue weighted by Gasteiger charge is 2.34. The molecule has 9 heteroatoms. The van der Waals surface area contributed by atoms with Gasteiger partial charge in [0.2, 0.25) is 11.8 Å². The number of fused-ring (bicyclic) bond motifs is 1. The molecule has 0 saturated heterocycles. The van der Waals surface area contributed by atoms with Gasteiger partial charge in [-0.1, -0.05) is 30.3 Å². The number of cyclic esters (lactones) is 1. The van der Waals surface area contributed by atoms with Crippen LogP contribution in [-0.4, -0.2) is 36.3 Å². The molecule has 0 radical (unpaired) electrons. The molecule has 0 unspecified atom stereocenters. The van der Waals surface area contributed by atoms with Gasteiger partial charge < -0.3 is 15.0 Å². The first kappa shape index (κ1) is 20.4. The second-order valence-electron chi connectivity index (χ2n) is 6.53. The van der Waals surface area contributed by atoms with Crippen molar-refractivity contribution in [2.75, 3.05) is 18.9 Å². The third kappa shape index (κ3) is 4.56. The first-order chi connectivity index (χ1) is 13.7. The smallest absolute Gasteiger partial charge is 0.418 e. The van der Waals surface area contributed by atoms with Gasteiger partial charge in [-0.2, -0.15) is 13.2 Å². The van der Waals surface area contributed by atoms with E-state index in [-0.39, 0.29) is 12.1 Å². The number of anilines is 1.